The molecule has 3 atom stereocenters. The third-order valence-electron chi connectivity index (χ3n) is 6.17. The fraction of sp³-hybridized carbons (Fsp3) is 0.476. The molecule has 1 aliphatic carbocycles. The van der Waals surface area contributed by atoms with Crippen molar-refractivity contribution in [3.8, 4) is 0 Å². The highest BCUT2D eigenvalue weighted by atomic mass is 19.1. The minimum Gasteiger partial charge on any atom is -0.351 e. The second-order valence-corrected chi connectivity index (χ2v) is 7.77. The quantitative estimate of drug-likeness (QED) is 0.810. The van der Waals surface area contributed by atoms with Crippen molar-refractivity contribution in [2.24, 2.45) is 11.8 Å². The van der Waals surface area contributed by atoms with Gasteiger partial charge >= 0.3 is 5.69 Å². The number of hydrogen-bond acceptors (Lipinski definition) is 4. The molecule has 1 saturated heterocycles. The molecule has 7 heteroatoms. The van der Waals surface area contributed by atoms with Crippen molar-refractivity contribution >= 4 is 5.91 Å². The van der Waals surface area contributed by atoms with E-state index >= 15 is 0 Å². The number of halogens is 1. The molecule has 0 N–H and O–H groups in total. The van der Waals surface area contributed by atoms with E-state index < -0.39 is 29.2 Å². The highest BCUT2D eigenvalue weighted by Crippen LogP contribution is 2.55. The smallest absolute Gasteiger partial charge is 0.340 e. The molecule has 1 aromatic carbocycles. The van der Waals surface area contributed by atoms with E-state index in [1.165, 1.54) is 12.1 Å². The maximum Gasteiger partial charge on any atom is 0.340 e. The van der Waals surface area contributed by atoms with Gasteiger partial charge in [-0.3, -0.25) is 14.2 Å². The highest BCUT2D eigenvalue weighted by molar-refractivity contribution is 5.95. The summed E-state index contributed by atoms with van der Waals surface area (Å²) in [6.45, 7) is 4.13. The van der Waals surface area contributed by atoms with E-state index in [4.69, 9.17) is 4.74 Å². The molecule has 148 valence electrons. The van der Waals surface area contributed by atoms with Crippen LogP contribution < -0.4 is 11.2 Å². The van der Waals surface area contributed by atoms with Gasteiger partial charge in [-0.2, -0.15) is 8.96 Å². The number of aromatic nitrogens is 2. The number of carbonyl (C=O) groups excluding carboxylic acids is 1. The van der Waals surface area contributed by atoms with Gasteiger partial charge in [0.05, 0.1) is 11.8 Å². The lowest BCUT2D eigenvalue weighted by atomic mass is 9.82. The van der Waals surface area contributed by atoms with Crippen LogP contribution in [0.15, 0.2) is 46.1 Å². The molecule has 0 spiro atoms. The second-order valence-electron chi connectivity index (χ2n) is 7.77. The molecule has 0 radical (unpaired) electrons. The number of rotatable bonds is 4. The molecule has 1 aromatic heterocycles. The van der Waals surface area contributed by atoms with Crippen LogP contribution in [0.2, 0.25) is 0 Å². The molecule has 0 unspecified atom stereocenters. The maximum atomic E-state index is 14.4. The van der Waals surface area contributed by atoms with Gasteiger partial charge in [0.25, 0.3) is 11.5 Å². The summed E-state index contributed by atoms with van der Waals surface area (Å²) in [4.78, 5) is 38.0. The van der Waals surface area contributed by atoms with Gasteiger partial charge in [0.1, 0.15) is 6.23 Å². The minimum absolute atomic E-state index is 0.139. The summed E-state index contributed by atoms with van der Waals surface area (Å²) in [5.41, 5.74) is -2.32. The number of nitrogens with zero attached hydrogens (tertiary/aromatic N) is 2. The first-order valence-corrected chi connectivity index (χ1v) is 9.70. The van der Waals surface area contributed by atoms with Crippen molar-refractivity contribution in [1.29, 1.82) is 0 Å². The van der Waals surface area contributed by atoms with Gasteiger partial charge in [-0.25, -0.2) is 4.79 Å². The van der Waals surface area contributed by atoms with Crippen LogP contribution in [0.25, 0.3) is 0 Å². The Morgan fingerprint density at radius 2 is 1.93 bits per heavy atom. The average Bonchev–Trinajstić information content (AvgIpc) is 3.49. The van der Waals surface area contributed by atoms with E-state index in [1.54, 1.807) is 18.2 Å². The summed E-state index contributed by atoms with van der Waals surface area (Å²) in [6, 6.07) is 7.89. The molecule has 0 amide bonds. The Morgan fingerprint density at radius 3 is 2.54 bits per heavy atom. The Morgan fingerprint density at radius 1 is 1.25 bits per heavy atom. The van der Waals surface area contributed by atoms with Crippen LogP contribution in [0.4, 0.5) is 4.39 Å². The topological polar surface area (TPSA) is 70.3 Å². The van der Waals surface area contributed by atoms with Crippen molar-refractivity contribution in [2.45, 2.75) is 51.4 Å². The van der Waals surface area contributed by atoms with Crippen molar-refractivity contribution in [2.75, 3.05) is 0 Å². The van der Waals surface area contributed by atoms with Crippen molar-refractivity contribution < 1.29 is 13.9 Å². The van der Waals surface area contributed by atoms with E-state index in [1.807, 2.05) is 0 Å². The fourth-order valence-corrected chi connectivity index (χ4v) is 4.52. The normalized spacial score (nSPS) is 27.1. The van der Waals surface area contributed by atoms with E-state index in [0.717, 1.165) is 30.0 Å². The van der Waals surface area contributed by atoms with E-state index in [-0.39, 0.29) is 17.1 Å². The summed E-state index contributed by atoms with van der Waals surface area (Å²) >= 11 is 0. The fourth-order valence-electron chi connectivity index (χ4n) is 4.52. The minimum atomic E-state index is -1.25. The van der Waals surface area contributed by atoms with Crippen molar-refractivity contribution in [1.82, 2.24) is 9.13 Å². The van der Waals surface area contributed by atoms with Gasteiger partial charge < -0.3 is 4.74 Å². The third-order valence-corrected chi connectivity index (χ3v) is 6.17. The molecule has 4 rings (SSSR count). The predicted molar refractivity (Wildman–Crippen MR) is 101 cm³/mol. The number of benzene rings is 1. The molecule has 1 aliphatic heterocycles. The summed E-state index contributed by atoms with van der Waals surface area (Å²) in [6.07, 6.45) is 3.67. The van der Waals surface area contributed by atoms with Crippen molar-refractivity contribution in [3.63, 3.8) is 0 Å². The maximum absolute atomic E-state index is 14.4. The van der Waals surface area contributed by atoms with Crippen molar-refractivity contribution in [3.05, 3.63) is 68.7 Å². The largest absolute Gasteiger partial charge is 0.351 e. The first-order chi connectivity index (χ1) is 13.4. The first-order valence-electron chi connectivity index (χ1n) is 9.70. The standard InChI is InChI=1S/C21H23FN2O4/c1-3-21(15-9-10-15)13(2)11-17(28-21)23-12-16(22)19(26)24(20(23)27)18(25)14-7-5-4-6-8-14/h4-8,12-13,15,17H,3,9-11H2,1-2H3/t13-,17+,21+/m0/s1. The molecule has 2 aliphatic rings. The molecule has 28 heavy (non-hydrogen) atoms. The Balaban J connectivity index is 1.78. The van der Waals surface area contributed by atoms with Crippen LogP contribution in [0.5, 0.6) is 0 Å². The predicted octanol–water partition coefficient (Wildman–Crippen LogP) is 2.95. The van der Waals surface area contributed by atoms with E-state index in [2.05, 4.69) is 13.8 Å². The Hall–Kier alpha value is -2.54. The monoisotopic (exact) mass is 386 g/mol. The van der Waals surface area contributed by atoms with Crippen LogP contribution >= 0.6 is 0 Å². The lowest BCUT2D eigenvalue weighted by molar-refractivity contribution is -0.101. The Kier molecular flexibility index (Phi) is 4.57. The van der Waals surface area contributed by atoms with Crippen LogP contribution in [0, 0.1) is 17.7 Å². The molecule has 2 aromatic rings. The summed E-state index contributed by atoms with van der Waals surface area (Å²) in [7, 11) is 0. The third kappa shape index (κ3) is 2.85. The molecule has 0 bridgehead atoms. The molecule has 2 heterocycles. The second kappa shape index (κ2) is 6.81. The lowest BCUT2D eigenvalue weighted by Gasteiger charge is -2.32. The Bertz CT molecular complexity index is 1020. The highest BCUT2D eigenvalue weighted by Gasteiger charge is 2.54. The SMILES string of the molecule is CC[C@@]1(C2CC2)O[C@@H](n2cc(F)c(=O)n(C(=O)c3ccccc3)c2=O)C[C@@H]1C. The van der Waals surface area contributed by atoms with Gasteiger partial charge in [0.15, 0.2) is 0 Å². The molecule has 1 saturated carbocycles. The number of carbonyl (C=O) groups is 1. The van der Waals surface area contributed by atoms with Gasteiger partial charge in [0.2, 0.25) is 5.82 Å². The van der Waals surface area contributed by atoms with Crippen LogP contribution in [-0.4, -0.2) is 20.6 Å². The zero-order valence-electron chi connectivity index (χ0n) is 15.9. The zero-order chi connectivity index (χ0) is 20.1. The average molecular weight is 386 g/mol. The number of hydrogen-bond donors (Lipinski definition) is 0. The molecule has 2 fully saturated rings. The van der Waals surface area contributed by atoms with Gasteiger partial charge in [-0.05, 0) is 49.7 Å². The molecular formula is C21H23FN2O4. The lowest BCUT2D eigenvalue weighted by Crippen LogP contribution is -2.46. The van der Waals surface area contributed by atoms with E-state index in [9.17, 15) is 18.8 Å². The van der Waals surface area contributed by atoms with Crippen LogP contribution in [-0.2, 0) is 4.74 Å². The summed E-state index contributed by atoms with van der Waals surface area (Å²) in [5, 5.41) is 0. The Labute approximate surface area is 161 Å². The van der Waals surface area contributed by atoms with E-state index in [0.29, 0.717) is 16.9 Å². The summed E-state index contributed by atoms with van der Waals surface area (Å²) in [5.74, 6) is -1.37. The first kappa shape index (κ1) is 18.8. The van der Waals surface area contributed by atoms with Gasteiger partial charge in [0, 0.05) is 5.56 Å². The summed E-state index contributed by atoms with van der Waals surface area (Å²) < 4.78 is 22.1. The van der Waals surface area contributed by atoms with Crippen LogP contribution in [0.3, 0.4) is 0 Å². The van der Waals surface area contributed by atoms with Crippen LogP contribution in [0.1, 0.15) is 56.1 Å². The number of ether oxygens (including phenoxy) is 1. The van der Waals surface area contributed by atoms with Gasteiger partial charge in [-0.1, -0.05) is 32.0 Å². The zero-order valence-corrected chi connectivity index (χ0v) is 15.9. The molecular weight excluding hydrogens is 363 g/mol. The van der Waals surface area contributed by atoms with Gasteiger partial charge in [-0.15, -0.1) is 0 Å². The molecule has 6 nitrogen and oxygen atoms in total.